The molecule has 0 saturated heterocycles. The van der Waals surface area contributed by atoms with E-state index in [1.165, 1.54) is 0 Å². The second-order valence-electron chi connectivity index (χ2n) is 4.79. The standard InChI is InChI=1S/C10H18O3/c1-7-4-5-10(6-7,8(11)12)9(2,3)13/h7,13H,4-6H2,1-3H3,(H,11,12)/t7?,10-/m0/s1. The molecule has 13 heavy (non-hydrogen) atoms. The minimum Gasteiger partial charge on any atom is -0.481 e. The van der Waals surface area contributed by atoms with Crippen LogP contribution in [0.3, 0.4) is 0 Å². The highest BCUT2D eigenvalue weighted by Crippen LogP contribution is 2.48. The van der Waals surface area contributed by atoms with Crippen molar-refractivity contribution in [2.24, 2.45) is 11.3 Å². The average Bonchev–Trinajstić information content (AvgIpc) is 2.30. The van der Waals surface area contributed by atoms with Crippen molar-refractivity contribution in [3.8, 4) is 0 Å². The summed E-state index contributed by atoms with van der Waals surface area (Å²) in [6, 6.07) is 0. The van der Waals surface area contributed by atoms with Gasteiger partial charge in [-0.2, -0.15) is 0 Å². The van der Waals surface area contributed by atoms with Crippen LogP contribution in [-0.2, 0) is 4.79 Å². The van der Waals surface area contributed by atoms with Gasteiger partial charge in [-0.15, -0.1) is 0 Å². The quantitative estimate of drug-likeness (QED) is 0.689. The van der Waals surface area contributed by atoms with Crippen molar-refractivity contribution in [1.82, 2.24) is 0 Å². The van der Waals surface area contributed by atoms with Gasteiger partial charge in [0.2, 0.25) is 0 Å². The maximum atomic E-state index is 11.2. The second-order valence-corrected chi connectivity index (χ2v) is 4.79. The first-order valence-corrected chi connectivity index (χ1v) is 4.75. The van der Waals surface area contributed by atoms with Crippen LogP contribution in [0.4, 0.5) is 0 Å². The molecule has 76 valence electrons. The highest BCUT2D eigenvalue weighted by molar-refractivity contribution is 5.76. The van der Waals surface area contributed by atoms with Crippen molar-refractivity contribution in [1.29, 1.82) is 0 Å². The Hall–Kier alpha value is -0.570. The van der Waals surface area contributed by atoms with Gasteiger partial charge >= 0.3 is 5.97 Å². The van der Waals surface area contributed by atoms with Gasteiger partial charge in [-0.3, -0.25) is 4.79 Å². The fraction of sp³-hybridized carbons (Fsp3) is 0.900. The number of hydrogen-bond donors (Lipinski definition) is 2. The zero-order chi connectivity index (χ0) is 10.3. The van der Waals surface area contributed by atoms with E-state index in [1.54, 1.807) is 13.8 Å². The van der Waals surface area contributed by atoms with Crippen LogP contribution in [0.15, 0.2) is 0 Å². The van der Waals surface area contributed by atoms with Gasteiger partial charge in [-0.1, -0.05) is 6.92 Å². The zero-order valence-corrected chi connectivity index (χ0v) is 8.50. The fourth-order valence-electron chi connectivity index (χ4n) is 2.30. The molecule has 3 nitrogen and oxygen atoms in total. The Morgan fingerprint density at radius 1 is 1.54 bits per heavy atom. The summed E-state index contributed by atoms with van der Waals surface area (Å²) in [5, 5.41) is 19.0. The van der Waals surface area contributed by atoms with Crippen LogP contribution in [0.5, 0.6) is 0 Å². The SMILES string of the molecule is CC1CC[C@](C(=O)O)(C(C)(C)O)C1. The highest BCUT2D eigenvalue weighted by Gasteiger charge is 2.53. The molecule has 0 aromatic rings. The topological polar surface area (TPSA) is 57.5 Å². The summed E-state index contributed by atoms with van der Waals surface area (Å²) in [5.41, 5.74) is -2.05. The summed E-state index contributed by atoms with van der Waals surface area (Å²) < 4.78 is 0. The zero-order valence-electron chi connectivity index (χ0n) is 8.50. The van der Waals surface area contributed by atoms with Crippen molar-refractivity contribution in [3.05, 3.63) is 0 Å². The van der Waals surface area contributed by atoms with Crippen LogP contribution in [0.25, 0.3) is 0 Å². The summed E-state index contributed by atoms with van der Waals surface area (Å²) in [7, 11) is 0. The Balaban J connectivity index is 2.97. The third kappa shape index (κ3) is 1.57. The van der Waals surface area contributed by atoms with E-state index in [4.69, 9.17) is 5.11 Å². The van der Waals surface area contributed by atoms with Crippen molar-refractivity contribution < 1.29 is 15.0 Å². The van der Waals surface area contributed by atoms with Gasteiger partial charge in [0.15, 0.2) is 0 Å². The summed E-state index contributed by atoms with van der Waals surface area (Å²) in [6.07, 6.45) is 2.08. The summed E-state index contributed by atoms with van der Waals surface area (Å²) in [4.78, 5) is 11.2. The Morgan fingerprint density at radius 3 is 2.23 bits per heavy atom. The number of aliphatic hydroxyl groups is 1. The first-order chi connectivity index (χ1) is 5.79. The van der Waals surface area contributed by atoms with E-state index in [0.29, 0.717) is 18.8 Å². The molecule has 1 aliphatic carbocycles. The van der Waals surface area contributed by atoms with Gasteiger partial charge in [0.1, 0.15) is 0 Å². The van der Waals surface area contributed by atoms with Crippen LogP contribution in [0.1, 0.15) is 40.0 Å². The molecular formula is C10H18O3. The molecule has 0 aliphatic heterocycles. The van der Waals surface area contributed by atoms with E-state index < -0.39 is 17.0 Å². The van der Waals surface area contributed by atoms with Crippen molar-refractivity contribution >= 4 is 5.97 Å². The van der Waals surface area contributed by atoms with Gasteiger partial charge in [0, 0.05) is 0 Å². The maximum Gasteiger partial charge on any atom is 0.312 e. The minimum absolute atomic E-state index is 0.405. The molecule has 1 saturated carbocycles. The molecule has 1 aliphatic rings. The van der Waals surface area contributed by atoms with Crippen molar-refractivity contribution in [2.75, 3.05) is 0 Å². The number of hydrogen-bond acceptors (Lipinski definition) is 2. The molecule has 0 radical (unpaired) electrons. The van der Waals surface area contributed by atoms with Gasteiger partial charge in [0.05, 0.1) is 11.0 Å². The first kappa shape index (κ1) is 10.5. The third-order valence-electron chi connectivity index (χ3n) is 3.34. The van der Waals surface area contributed by atoms with E-state index in [1.807, 2.05) is 6.92 Å². The second kappa shape index (κ2) is 2.98. The van der Waals surface area contributed by atoms with Gasteiger partial charge < -0.3 is 10.2 Å². The molecule has 0 heterocycles. The molecule has 1 fully saturated rings. The van der Waals surface area contributed by atoms with E-state index in [2.05, 4.69) is 0 Å². The normalized spacial score (nSPS) is 34.9. The predicted octanol–water partition coefficient (Wildman–Crippen LogP) is 1.65. The van der Waals surface area contributed by atoms with E-state index in [0.717, 1.165) is 6.42 Å². The molecule has 0 bridgehead atoms. The first-order valence-electron chi connectivity index (χ1n) is 4.75. The number of carbonyl (C=O) groups is 1. The molecule has 0 aromatic carbocycles. The summed E-state index contributed by atoms with van der Waals surface area (Å²) in [6.45, 7) is 5.23. The molecule has 1 unspecified atom stereocenters. The fourth-order valence-corrected chi connectivity index (χ4v) is 2.30. The minimum atomic E-state index is -1.12. The number of carboxylic acid groups (broad SMARTS) is 1. The molecule has 0 aromatic heterocycles. The smallest absolute Gasteiger partial charge is 0.312 e. The third-order valence-corrected chi connectivity index (χ3v) is 3.34. The Labute approximate surface area is 78.8 Å². The Bertz CT molecular complexity index is 217. The monoisotopic (exact) mass is 186 g/mol. The van der Waals surface area contributed by atoms with Gasteiger partial charge in [-0.25, -0.2) is 0 Å². The van der Waals surface area contributed by atoms with Gasteiger partial charge in [0.25, 0.3) is 0 Å². The van der Waals surface area contributed by atoms with Crippen molar-refractivity contribution in [3.63, 3.8) is 0 Å². The molecule has 2 atom stereocenters. The van der Waals surface area contributed by atoms with Crippen molar-refractivity contribution in [2.45, 2.75) is 45.6 Å². The molecule has 0 spiro atoms. The molecule has 2 N–H and O–H groups in total. The Morgan fingerprint density at radius 2 is 2.08 bits per heavy atom. The predicted molar refractivity (Wildman–Crippen MR) is 49.4 cm³/mol. The largest absolute Gasteiger partial charge is 0.481 e. The molecule has 3 heteroatoms. The van der Waals surface area contributed by atoms with E-state index >= 15 is 0 Å². The van der Waals surface area contributed by atoms with Gasteiger partial charge in [-0.05, 0) is 39.0 Å². The summed E-state index contributed by atoms with van der Waals surface area (Å²) >= 11 is 0. The number of aliphatic carboxylic acids is 1. The van der Waals surface area contributed by atoms with Crippen LogP contribution in [0, 0.1) is 11.3 Å². The Kier molecular flexibility index (Phi) is 2.41. The lowest BCUT2D eigenvalue weighted by atomic mass is 9.72. The average molecular weight is 186 g/mol. The lowest BCUT2D eigenvalue weighted by Crippen LogP contribution is -2.47. The van der Waals surface area contributed by atoms with Crippen LogP contribution in [0.2, 0.25) is 0 Å². The van der Waals surface area contributed by atoms with Crippen LogP contribution >= 0.6 is 0 Å². The lowest BCUT2D eigenvalue weighted by molar-refractivity contribution is -0.164. The molecule has 0 amide bonds. The maximum absolute atomic E-state index is 11.2. The highest BCUT2D eigenvalue weighted by atomic mass is 16.4. The summed E-state index contributed by atoms with van der Waals surface area (Å²) in [5.74, 6) is -0.452. The van der Waals surface area contributed by atoms with E-state index in [9.17, 15) is 9.90 Å². The number of carboxylic acids is 1. The van der Waals surface area contributed by atoms with Crippen LogP contribution in [-0.4, -0.2) is 21.8 Å². The lowest BCUT2D eigenvalue weighted by Gasteiger charge is -2.36. The van der Waals surface area contributed by atoms with E-state index in [-0.39, 0.29) is 0 Å². The molecular weight excluding hydrogens is 168 g/mol. The van der Waals surface area contributed by atoms with Crippen LogP contribution < -0.4 is 0 Å². The molecule has 1 rings (SSSR count). The number of rotatable bonds is 2.